The molecule has 0 saturated heterocycles. The second kappa shape index (κ2) is 9.58. The van der Waals surface area contributed by atoms with Crippen molar-refractivity contribution in [1.82, 2.24) is 0 Å². The Kier molecular flexibility index (Phi) is 7.34. The van der Waals surface area contributed by atoms with E-state index in [1.54, 1.807) is 0 Å². The van der Waals surface area contributed by atoms with Crippen LogP contribution in [0.1, 0.15) is 119 Å². The van der Waals surface area contributed by atoms with E-state index in [1.807, 2.05) is 0 Å². The van der Waals surface area contributed by atoms with E-state index in [9.17, 15) is 4.79 Å². The second-order valence-electron chi connectivity index (χ2n) is 13.5. The summed E-state index contributed by atoms with van der Waals surface area (Å²) in [5.74, 6) is 6.94. The van der Waals surface area contributed by atoms with Gasteiger partial charge in [0.1, 0.15) is 5.78 Å². The van der Waals surface area contributed by atoms with Gasteiger partial charge in [0.2, 0.25) is 0 Å². The highest BCUT2D eigenvalue weighted by atomic mass is 16.1. The van der Waals surface area contributed by atoms with Crippen LogP contribution in [0.5, 0.6) is 0 Å². The molecule has 0 bridgehead atoms. The molecule has 9 atom stereocenters. The minimum Gasteiger partial charge on any atom is -0.299 e. The van der Waals surface area contributed by atoms with Crippen LogP contribution in [0.4, 0.5) is 0 Å². The average Bonchev–Trinajstić information content (AvgIpc) is 3.10. The molecule has 4 saturated carbocycles. The Morgan fingerprint density at radius 3 is 2.34 bits per heavy atom. The van der Waals surface area contributed by atoms with Gasteiger partial charge in [-0.2, -0.15) is 0 Å². The molecule has 0 N–H and O–H groups in total. The van der Waals surface area contributed by atoms with Gasteiger partial charge in [-0.3, -0.25) is 4.79 Å². The fraction of sp³-hybridized carbons (Fsp3) is 0.903. The first-order chi connectivity index (χ1) is 15.2. The van der Waals surface area contributed by atoms with E-state index < -0.39 is 0 Å². The highest BCUT2D eigenvalue weighted by molar-refractivity contribution is 5.82. The molecule has 4 aliphatic carbocycles. The lowest BCUT2D eigenvalue weighted by Gasteiger charge is -2.62. The van der Waals surface area contributed by atoms with Gasteiger partial charge < -0.3 is 0 Å². The first-order valence-corrected chi connectivity index (χ1v) is 14.4. The van der Waals surface area contributed by atoms with Gasteiger partial charge in [0.25, 0.3) is 0 Å². The molecular weight excluding hydrogens is 388 g/mol. The summed E-state index contributed by atoms with van der Waals surface area (Å²) in [6.07, 6.45) is 20.2. The van der Waals surface area contributed by atoms with Crippen molar-refractivity contribution < 1.29 is 4.79 Å². The molecule has 32 heavy (non-hydrogen) atoms. The summed E-state index contributed by atoms with van der Waals surface area (Å²) < 4.78 is 0. The molecule has 4 rings (SSSR count). The average molecular weight is 441 g/mol. The van der Waals surface area contributed by atoms with E-state index >= 15 is 0 Å². The van der Waals surface area contributed by atoms with Crippen LogP contribution < -0.4 is 0 Å². The van der Waals surface area contributed by atoms with Crippen molar-refractivity contribution in [3.8, 4) is 0 Å². The number of hydrogen-bond donors (Lipinski definition) is 0. The number of carbonyl (C=O) groups excluding carboxylic acids is 1. The molecule has 4 aliphatic rings. The molecule has 182 valence electrons. The van der Waals surface area contributed by atoms with Crippen molar-refractivity contribution in [2.75, 3.05) is 0 Å². The lowest BCUT2D eigenvalue weighted by Crippen LogP contribution is -2.56. The normalized spacial score (nSPS) is 45.0. The maximum absolute atomic E-state index is 12.9. The van der Waals surface area contributed by atoms with Gasteiger partial charge in [-0.15, -0.1) is 0 Å². The number of rotatable bonds is 7. The number of fused-ring (bicyclic) bond motifs is 5. The zero-order valence-corrected chi connectivity index (χ0v) is 22.2. The molecule has 0 aromatic heterocycles. The Morgan fingerprint density at radius 2 is 1.62 bits per heavy atom. The summed E-state index contributed by atoms with van der Waals surface area (Å²) in [6.45, 7) is 14.8. The van der Waals surface area contributed by atoms with Gasteiger partial charge in [-0.05, 0) is 111 Å². The zero-order chi connectivity index (χ0) is 23.1. The van der Waals surface area contributed by atoms with Crippen molar-refractivity contribution in [3.63, 3.8) is 0 Å². The highest BCUT2D eigenvalue weighted by Gasteiger charge is 2.61. The van der Waals surface area contributed by atoms with Crippen LogP contribution in [-0.4, -0.2) is 5.78 Å². The third-order valence-corrected chi connectivity index (χ3v) is 11.6. The standard InChI is InChI=1S/C31H52O/c1-7-8-12-24-27-14-13-23-26-16-15-25(22(4)11-9-10-21(2)3)30(26,5)19-17-28(23)31(27,6)20-18-29(24)32/h7-8,21-28H,9-20H2,1-6H3/b8-7+/t22-,23+,24+,25-,26+,27+,28+,30-,31+/m1/s1. The molecule has 1 heteroatoms. The molecule has 0 radical (unpaired) electrons. The number of ketones is 1. The smallest absolute Gasteiger partial charge is 0.136 e. The Hall–Kier alpha value is -0.590. The molecule has 1 nitrogen and oxygen atoms in total. The van der Waals surface area contributed by atoms with Gasteiger partial charge >= 0.3 is 0 Å². The minimum atomic E-state index is 0.302. The molecule has 0 aromatic rings. The van der Waals surface area contributed by atoms with Gasteiger partial charge in [0, 0.05) is 12.3 Å². The summed E-state index contributed by atoms with van der Waals surface area (Å²) in [5.41, 5.74) is 0.988. The van der Waals surface area contributed by atoms with Gasteiger partial charge in [0.15, 0.2) is 0 Å². The predicted molar refractivity (Wildman–Crippen MR) is 136 cm³/mol. The van der Waals surface area contributed by atoms with Gasteiger partial charge in [-0.25, -0.2) is 0 Å². The first kappa shape index (κ1) is 24.5. The van der Waals surface area contributed by atoms with E-state index in [0.29, 0.717) is 28.4 Å². The summed E-state index contributed by atoms with van der Waals surface area (Å²) >= 11 is 0. The number of allylic oxidation sites excluding steroid dienone is 2. The summed E-state index contributed by atoms with van der Waals surface area (Å²) in [6, 6.07) is 0. The largest absolute Gasteiger partial charge is 0.299 e. The number of Topliss-reactive ketones (excluding diaryl/α,β-unsaturated/α-hetero) is 1. The number of hydrogen-bond acceptors (Lipinski definition) is 1. The van der Waals surface area contributed by atoms with Crippen LogP contribution in [-0.2, 0) is 4.79 Å². The van der Waals surface area contributed by atoms with E-state index in [0.717, 1.165) is 48.3 Å². The van der Waals surface area contributed by atoms with Crippen molar-refractivity contribution in [2.45, 2.75) is 119 Å². The number of carbonyl (C=O) groups is 1. The fourth-order valence-electron chi connectivity index (χ4n) is 9.92. The van der Waals surface area contributed by atoms with E-state index in [4.69, 9.17) is 0 Å². The molecule has 0 heterocycles. The highest BCUT2D eigenvalue weighted by Crippen LogP contribution is 2.68. The van der Waals surface area contributed by atoms with E-state index in [-0.39, 0.29) is 0 Å². The van der Waals surface area contributed by atoms with Crippen LogP contribution in [0.2, 0.25) is 0 Å². The molecule has 0 unspecified atom stereocenters. The first-order valence-electron chi connectivity index (χ1n) is 14.4. The Labute approximate surface area is 199 Å². The zero-order valence-electron chi connectivity index (χ0n) is 22.2. The van der Waals surface area contributed by atoms with Crippen molar-refractivity contribution in [2.24, 2.45) is 58.2 Å². The van der Waals surface area contributed by atoms with Crippen LogP contribution in [0.3, 0.4) is 0 Å². The summed E-state index contributed by atoms with van der Waals surface area (Å²) in [5, 5.41) is 0. The summed E-state index contributed by atoms with van der Waals surface area (Å²) in [4.78, 5) is 12.9. The quantitative estimate of drug-likeness (QED) is 0.361. The SMILES string of the molecule is C/C=C/C[C@@H]1C(=O)CC[C@]2(C)[C@H]3CC[C@]4(C)[C@@H]([C@H](C)CCCC(C)C)CC[C@H]4[C@@H]3CC[C@@H]12. The van der Waals surface area contributed by atoms with Crippen molar-refractivity contribution in [3.05, 3.63) is 12.2 Å². The lowest BCUT2D eigenvalue weighted by atomic mass is 9.43. The van der Waals surface area contributed by atoms with E-state index in [1.165, 1.54) is 64.2 Å². The monoisotopic (exact) mass is 440 g/mol. The molecule has 0 spiro atoms. The third kappa shape index (κ3) is 4.17. The Balaban J connectivity index is 1.49. The topological polar surface area (TPSA) is 17.1 Å². The molecule has 4 fully saturated rings. The maximum atomic E-state index is 12.9. The molecule has 0 aromatic carbocycles. The Bertz CT molecular complexity index is 691. The van der Waals surface area contributed by atoms with Crippen molar-refractivity contribution in [1.29, 1.82) is 0 Å². The van der Waals surface area contributed by atoms with Gasteiger partial charge in [-0.1, -0.05) is 66.0 Å². The van der Waals surface area contributed by atoms with Crippen LogP contribution in [0.15, 0.2) is 12.2 Å². The Morgan fingerprint density at radius 1 is 0.906 bits per heavy atom. The second-order valence-corrected chi connectivity index (χ2v) is 13.5. The maximum Gasteiger partial charge on any atom is 0.136 e. The van der Waals surface area contributed by atoms with Crippen LogP contribution >= 0.6 is 0 Å². The fourth-order valence-corrected chi connectivity index (χ4v) is 9.92. The lowest BCUT2D eigenvalue weighted by molar-refractivity contribution is -0.152. The van der Waals surface area contributed by atoms with Crippen LogP contribution in [0.25, 0.3) is 0 Å². The molecular formula is C31H52O. The van der Waals surface area contributed by atoms with Crippen LogP contribution in [0, 0.1) is 58.2 Å². The van der Waals surface area contributed by atoms with Gasteiger partial charge in [0.05, 0.1) is 0 Å². The predicted octanol–water partition coefficient (Wildman–Crippen LogP) is 8.87. The van der Waals surface area contributed by atoms with Crippen molar-refractivity contribution >= 4 is 5.78 Å². The molecule has 0 amide bonds. The van der Waals surface area contributed by atoms with E-state index in [2.05, 4.69) is 53.7 Å². The minimum absolute atomic E-state index is 0.302. The third-order valence-electron chi connectivity index (χ3n) is 11.6. The summed E-state index contributed by atoms with van der Waals surface area (Å²) in [7, 11) is 0. The molecule has 0 aliphatic heterocycles.